The number of morpholine rings is 1. The SMILES string of the molecule is C=C(CCC)C1=C(CN2CCN(c3ccc(C(=O)NS(=O)(=O)c4ccc(N[C@H](CCN5CCOCC5)CSc5ccccc5)c([N+](=O)[O-])c4)cc3)CC2)CCC(C)(C)C1. The van der Waals surface area contributed by atoms with Crippen molar-refractivity contribution in [3.05, 3.63) is 112 Å². The molecular weight excluding hydrogens is 785 g/mol. The van der Waals surface area contributed by atoms with Crippen LogP contribution in [0, 0.1) is 15.5 Å². The predicted octanol–water partition coefficient (Wildman–Crippen LogP) is 7.99. The number of thioether (sulfide) groups is 1. The van der Waals surface area contributed by atoms with Gasteiger partial charge in [0.2, 0.25) is 0 Å². The molecule has 2 saturated heterocycles. The number of carbonyl (C=O) groups is 1. The molecule has 2 heterocycles. The molecule has 59 heavy (non-hydrogen) atoms. The second-order valence-electron chi connectivity index (χ2n) is 16.7. The van der Waals surface area contributed by atoms with Crippen molar-refractivity contribution in [1.82, 2.24) is 14.5 Å². The molecule has 1 amide bonds. The highest BCUT2D eigenvalue weighted by molar-refractivity contribution is 7.99. The van der Waals surface area contributed by atoms with Crippen molar-refractivity contribution in [3.63, 3.8) is 0 Å². The van der Waals surface area contributed by atoms with Crippen LogP contribution in [-0.4, -0.2) is 106 Å². The number of rotatable bonds is 18. The van der Waals surface area contributed by atoms with Gasteiger partial charge in [-0.25, -0.2) is 13.1 Å². The van der Waals surface area contributed by atoms with E-state index in [1.165, 1.54) is 29.7 Å². The fourth-order valence-corrected chi connectivity index (χ4v) is 10.1. The van der Waals surface area contributed by atoms with Gasteiger partial charge in [-0.2, -0.15) is 0 Å². The van der Waals surface area contributed by atoms with Gasteiger partial charge in [-0.05, 0) is 91.6 Å². The third-order valence-corrected chi connectivity index (χ3v) is 14.1. The van der Waals surface area contributed by atoms with Crippen LogP contribution in [0.1, 0.15) is 69.7 Å². The van der Waals surface area contributed by atoms with Crippen LogP contribution in [0.15, 0.2) is 106 Å². The summed E-state index contributed by atoms with van der Waals surface area (Å²) >= 11 is 1.65. The van der Waals surface area contributed by atoms with Crippen molar-refractivity contribution in [2.45, 2.75) is 75.1 Å². The highest BCUT2D eigenvalue weighted by Gasteiger charge is 2.30. The number of allylic oxidation sites excluding steroid dienone is 2. The van der Waals surface area contributed by atoms with E-state index in [1.807, 2.05) is 42.5 Å². The normalized spacial score (nSPS) is 18.3. The Morgan fingerprint density at radius 1 is 0.983 bits per heavy atom. The van der Waals surface area contributed by atoms with Crippen LogP contribution in [0.25, 0.3) is 0 Å². The van der Waals surface area contributed by atoms with E-state index in [1.54, 1.807) is 29.5 Å². The Morgan fingerprint density at radius 2 is 1.69 bits per heavy atom. The summed E-state index contributed by atoms with van der Waals surface area (Å²) in [5, 5.41) is 15.6. The van der Waals surface area contributed by atoms with Crippen LogP contribution in [0.4, 0.5) is 17.1 Å². The van der Waals surface area contributed by atoms with Crippen molar-refractivity contribution in [2.24, 2.45) is 5.41 Å². The Bertz CT molecular complexity index is 2060. The minimum absolute atomic E-state index is 0.146. The highest BCUT2D eigenvalue weighted by atomic mass is 32.2. The zero-order valence-electron chi connectivity index (χ0n) is 34.8. The minimum Gasteiger partial charge on any atom is -0.379 e. The molecule has 0 saturated carbocycles. The van der Waals surface area contributed by atoms with Crippen molar-refractivity contribution in [3.8, 4) is 0 Å². The van der Waals surface area contributed by atoms with Gasteiger partial charge in [0.05, 0.1) is 23.0 Å². The first kappa shape index (κ1) is 44.3. The lowest BCUT2D eigenvalue weighted by molar-refractivity contribution is -0.384. The molecule has 0 spiro atoms. The van der Waals surface area contributed by atoms with Gasteiger partial charge in [0.15, 0.2) is 0 Å². The molecule has 0 aromatic heterocycles. The maximum Gasteiger partial charge on any atom is 0.293 e. The Balaban J connectivity index is 1.06. The van der Waals surface area contributed by atoms with E-state index in [0.29, 0.717) is 24.4 Å². The molecule has 6 rings (SSSR count). The lowest BCUT2D eigenvalue weighted by atomic mass is 9.72. The molecule has 14 heteroatoms. The number of nitrogens with one attached hydrogen (secondary N) is 2. The number of nitro benzene ring substituents is 1. The summed E-state index contributed by atoms with van der Waals surface area (Å²) in [5.41, 5.74) is 5.61. The number of ether oxygens (including phenoxy) is 1. The van der Waals surface area contributed by atoms with Gasteiger partial charge in [0.25, 0.3) is 21.6 Å². The van der Waals surface area contributed by atoms with Crippen molar-refractivity contribution in [2.75, 3.05) is 81.5 Å². The molecule has 0 bridgehead atoms. The van der Waals surface area contributed by atoms with Gasteiger partial charge in [0, 0.05) is 86.4 Å². The van der Waals surface area contributed by atoms with E-state index in [2.05, 4.69) is 52.1 Å². The first-order chi connectivity index (χ1) is 28.3. The highest BCUT2D eigenvalue weighted by Crippen LogP contribution is 2.42. The summed E-state index contributed by atoms with van der Waals surface area (Å²) in [4.78, 5) is 32.8. The first-order valence-electron chi connectivity index (χ1n) is 20.9. The van der Waals surface area contributed by atoms with Gasteiger partial charge in [-0.1, -0.05) is 63.1 Å². The Kier molecular flexibility index (Phi) is 15.3. The van der Waals surface area contributed by atoms with Crippen LogP contribution in [0.3, 0.4) is 0 Å². The number of benzene rings is 3. The van der Waals surface area contributed by atoms with Crippen molar-refractivity contribution >= 4 is 44.8 Å². The smallest absolute Gasteiger partial charge is 0.293 e. The fraction of sp³-hybridized carbons (Fsp3) is 0.489. The second kappa shape index (κ2) is 20.4. The monoisotopic (exact) mass is 844 g/mol. The van der Waals surface area contributed by atoms with Crippen molar-refractivity contribution in [1.29, 1.82) is 0 Å². The quantitative estimate of drug-likeness (QED) is 0.0733. The summed E-state index contributed by atoms with van der Waals surface area (Å²) in [6.45, 7) is 19.7. The third-order valence-electron chi connectivity index (χ3n) is 11.6. The molecular formula is C45H60N6O6S2. The standard InChI is InChI=1S/C45H60N6O6S2/c1-5-9-34(2)41-31-45(3,4)20-18-36(41)32-49-22-24-50(25-23-49)38-14-12-35(13-15-38)44(52)47-59(55,56)40-16-17-42(43(30-40)51(53)54)46-37(19-21-48-26-28-57-29-27-48)33-58-39-10-7-6-8-11-39/h6-8,10-17,30,37,46H,2,5,9,18-29,31-33H2,1,3-4H3,(H,47,52)/t37-/m1/s1. The molecule has 2 fully saturated rings. The van der Waals surface area contributed by atoms with E-state index in [9.17, 15) is 23.3 Å². The average Bonchev–Trinajstić information content (AvgIpc) is 3.23. The number of anilines is 2. The van der Waals surface area contributed by atoms with Crippen molar-refractivity contribution < 1.29 is 22.9 Å². The Labute approximate surface area is 354 Å². The number of amides is 1. The molecule has 1 aliphatic carbocycles. The van der Waals surface area contributed by atoms with Gasteiger partial charge < -0.3 is 15.0 Å². The second-order valence-corrected chi connectivity index (χ2v) is 19.4. The lowest BCUT2D eigenvalue weighted by Gasteiger charge is -2.39. The molecule has 1 atom stereocenters. The molecule has 0 unspecified atom stereocenters. The summed E-state index contributed by atoms with van der Waals surface area (Å²) in [5.74, 6) is -0.165. The molecule has 3 aliphatic rings. The molecule has 0 radical (unpaired) electrons. The first-order valence-corrected chi connectivity index (χ1v) is 23.3. The molecule has 3 aromatic carbocycles. The van der Waals surface area contributed by atoms with E-state index in [4.69, 9.17) is 4.74 Å². The summed E-state index contributed by atoms with van der Waals surface area (Å²) in [6.07, 6.45) is 6.28. The van der Waals surface area contributed by atoms with Crippen LogP contribution >= 0.6 is 11.8 Å². The maximum atomic E-state index is 13.5. The summed E-state index contributed by atoms with van der Waals surface area (Å²) in [7, 11) is -4.43. The van der Waals surface area contributed by atoms with Crippen LogP contribution in [0.5, 0.6) is 0 Å². The Morgan fingerprint density at radius 3 is 2.37 bits per heavy atom. The number of carbonyl (C=O) groups excluding carboxylic acids is 1. The van der Waals surface area contributed by atoms with E-state index in [0.717, 1.165) is 101 Å². The van der Waals surface area contributed by atoms with Gasteiger partial charge >= 0.3 is 0 Å². The molecule has 12 nitrogen and oxygen atoms in total. The lowest BCUT2D eigenvalue weighted by Crippen LogP contribution is -2.47. The number of nitro groups is 1. The third kappa shape index (κ3) is 12.4. The van der Waals surface area contributed by atoms with Crippen LogP contribution < -0.4 is 14.9 Å². The summed E-state index contributed by atoms with van der Waals surface area (Å²) < 4.78 is 34.5. The van der Waals surface area contributed by atoms with Crippen LogP contribution in [-0.2, 0) is 14.8 Å². The van der Waals surface area contributed by atoms with Crippen LogP contribution in [0.2, 0.25) is 0 Å². The molecule has 318 valence electrons. The number of nitrogens with zero attached hydrogens (tertiary/aromatic N) is 4. The number of sulfonamides is 1. The number of hydrogen-bond acceptors (Lipinski definition) is 11. The fourth-order valence-electron chi connectivity index (χ4n) is 8.08. The van der Waals surface area contributed by atoms with E-state index < -0.39 is 20.9 Å². The summed E-state index contributed by atoms with van der Waals surface area (Å²) in [6, 6.07) is 20.4. The molecule has 2 N–H and O–H groups in total. The number of piperazine rings is 1. The predicted molar refractivity (Wildman–Crippen MR) is 238 cm³/mol. The molecule has 2 aliphatic heterocycles. The number of hydrogen-bond donors (Lipinski definition) is 2. The molecule has 3 aromatic rings. The van der Waals surface area contributed by atoms with Gasteiger partial charge in [-0.15, -0.1) is 11.8 Å². The van der Waals surface area contributed by atoms with Gasteiger partial charge in [0.1, 0.15) is 5.69 Å². The zero-order valence-corrected chi connectivity index (χ0v) is 36.4. The van der Waals surface area contributed by atoms with E-state index in [-0.39, 0.29) is 27.9 Å². The van der Waals surface area contributed by atoms with E-state index >= 15 is 0 Å². The average molecular weight is 845 g/mol. The van der Waals surface area contributed by atoms with Gasteiger partial charge in [-0.3, -0.25) is 24.7 Å². The maximum absolute atomic E-state index is 13.5. The largest absolute Gasteiger partial charge is 0.379 e. The topological polar surface area (TPSA) is 137 Å². The Hall–Kier alpha value is -4.21. The minimum atomic E-state index is -4.43. The zero-order chi connectivity index (χ0) is 42.0.